The summed E-state index contributed by atoms with van der Waals surface area (Å²) < 4.78 is 5.34. The summed E-state index contributed by atoms with van der Waals surface area (Å²) in [5, 5.41) is 15.1. The van der Waals surface area contributed by atoms with E-state index in [4.69, 9.17) is 4.74 Å². The zero-order valence-electron chi connectivity index (χ0n) is 24.4. The summed E-state index contributed by atoms with van der Waals surface area (Å²) in [5.41, 5.74) is 1.50. The first-order valence-corrected chi connectivity index (χ1v) is 14.7. The van der Waals surface area contributed by atoms with Crippen LogP contribution in [0.5, 0.6) is 5.75 Å². The SMILES string of the molecule is CC(C)C[C@H](CC(=O)[C@H](Cc1ccc(O)cc1)NC(=O)OCc1ccccc1)C(=O)N[C@H](C=O)C[C@@H]1CCCCC1=O. The quantitative estimate of drug-likeness (QED) is 0.261. The average molecular weight is 579 g/mol. The third-order valence-corrected chi connectivity index (χ3v) is 7.56. The molecule has 0 aromatic heterocycles. The molecule has 4 atom stereocenters. The topological polar surface area (TPSA) is 139 Å². The molecule has 0 bridgehead atoms. The van der Waals surface area contributed by atoms with Crippen molar-refractivity contribution in [3.63, 3.8) is 0 Å². The monoisotopic (exact) mass is 578 g/mol. The summed E-state index contributed by atoms with van der Waals surface area (Å²) in [6.45, 7) is 3.91. The lowest BCUT2D eigenvalue weighted by molar-refractivity contribution is -0.132. The number of carbonyl (C=O) groups is 5. The predicted octanol–water partition coefficient (Wildman–Crippen LogP) is 4.68. The highest BCUT2D eigenvalue weighted by atomic mass is 16.5. The Morgan fingerprint density at radius 2 is 1.71 bits per heavy atom. The van der Waals surface area contributed by atoms with E-state index in [0.717, 1.165) is 18.4 Å². The van der Waals surface area contributed by atoms with Crippen molar-refractivity contribution in [2.75, 3.05) is 0 Å². The molecule has 0 saturated heterocycles. The molecule has 0 unspecified atom stereocenters. The molecule has 9 heteroatoms. The molecule has 1 saturated carbocycles. The molecule has 226 valence electrons. The van der Waals surface area contributed by atoms with Crippen molar-refractivity contribution in [2.45, 2.75) is 83.9 Å². The molecular weight excluding hydrogens is 536 g/mol. The first kappa shape index (κ1) is 32.5. The van der Waals surface area contributed by atoms with E-state index in [1.54, 1.807) is 12.1 Å². The van der Waals surface area contributed by atoms with Crippen LogP contribution in [0.4, 0.5) is 4.79 Å². The molecule has 3 N–H and O–H groups in total. The first-order valence-electron chi connectivity index (χ1n) is 14.7. The van der Waals surface area contributed by atoms with Gasteiger partial charge in [0.25, 0.3) is 0 Å². The molecular formula is C33H42N2O7. The number of ether oxygens (including phenoxy) is 1. The van der Waals surface area contributed by atoms with Gasteiger partial charge < -0.3 is 25.3 Å². The lowest BCUT2D eigenvalue weighted by atomic mass is 9.83. The van der Waals surface area contributed by atoms with E-state index in [1.165, 1.54) is 12.1 Å². The average Bonchev–Trinajstić information content (AvgIpc) is 2.97. The van der Waals surface area contributed by atoms with Crippen LogP contribution in [0.1, 0.15) is 69.9 Å². The maximum absolute atomic E-state index is 13.6. The number of alkyl carbamates (subject to hydrolysis) is 1. The number of benzene rings is 2. The Balaban J connectivity index is 1.70. The number of hydrogen-bond acceptors (Lipinski definition) is 7. The van der Waals surface area contributed by atoms with Crippen LogP contribution in [0.15, 0.2) is 54.6 Å². The van der Waals surface area contributed by atoms with E-state index < -0.39 is 30.0 Å². The number of amides is 2. The smallest absolute Gasteiger partial charge is 0.408 e. The molecule has 2 aromatic rings. The standard InChI is InChI=1S/C33H42N2O7/c1-22(2)16-26(32(40)34-27(20-36)18-25-10-6-7-11-30(25)38)19-31(39)29(17-23-12-14-28(37)15-13-23)35-33(41)42-21-24-8-4-3-5-9-24/h3-5,8-9,12-15,20,22,25-27,29,37H,6-7,10-11,16-19,21H2,1-2H3,(H,34,40)(H,35,41)/t25-,26+,27-,29-/m0/s1. The maximum Gasteiger partial charge on any atom is 0.408 e. The molecule has 9 nitrogen and oxygen atoms in total. The van der Waals surface area contributed by atoms with Gasteiger partial charge in [0.1, 0.15) is 24.4 Å². The summed E-state index contributed by atoms with van der Waals surface area (Å²) in [6.07, 6.45) is 3.51. The van der Waals surface area contributed by atoms with Crippen molar-refractivity contribution >= 4 is 29.9 Å². The molecule has 2 amide bonds. The summed E-state index contributed by atoms with van der Waals surface area (Å²) in [5.74, 6) is -1.48. The van der Waals surface area contributed by atoms with Crippen LogP contribution in [-0.2, 0) is 36.9 Å². The van der Waals surface area contributed by atoms with Gasteiger partial charge in [-0.3, -0.25) is 14.4 Å². The molecule has 1 aliphatic rings. The molecule has 0 aliphatic heterocycles. The van der Waals surface area contributed by atoms with Crippen molar-refractivity contribution < 1.29 is 33.8 Å². The minimum absolute atomic E-state index is 0.0295. The number of Topliss-reactive ketones (excluding diaryl/α,β-unsaturated/α-hetero) is 2. The third-order valence-electron chi connectivity index (χ3n) is 7.56. The Hall–Kier alpha value is -4.01. The Kier molecular flexibility index (Phi) is 12.7. The maximum atomic E-state index is 13.6. The van der Waals surface area contributed by atoms with E-state index in [1.807, 2.05) is 44.2 Å². The highest BCUT2D eigenvalue weighted by molar-refractivity contribution is 5.92. The van der Waals surface area contributed by atoms with Gasteiger partial charge in [-0.2, -0.15) is 0 Å². The van der Waals surface area contributed by atoms with Gasteiger partial charge in [0.05, 0.1) is 12.1 Å². The molecule has 1 aliphatic carbocycles. The van der Waals surface area contributed by atoms with E-state index in [2.05, 4.69) is 10.6 Å². The van der Waals surface area contributed by atoms with Crippen LogP contribution in [0, 0.1) is 17.8 Å². The molecule has 0 spiro atoms. The fraction of sp³-hybridized carbons (Fsp3) is 0.485. The summed E-state index contributed by atoms with van der Waals surface area (Å²) in [7, 11) is 0. The number of aldehydes is 1. The number of rotatable bonds is 15. The lowest BCUT2D eigenvalue weighted by Crippen LogP contribution is -2.46. The van der Waals surface area contributed by atoms with E-state index >= 15 is 0 Å². The van der Waals surface area contributed by atoms with Gasteiger partial charge >= 0.3 is 6.09 Å². The molecule has 0 heterocycles. The molecule has 0 radical (unpaired) electrons. The van der Waals surface area contributed by atoms with Gasteiger partial charge in [-0.1, -0.05) is 62.7 Å². The minimum Gasteiger partial charge on any atom is -0.508 e. The van der Waals surface area contributed by atoms with Crippen molar-refractivity contribution in [3.8, 4) is 5.75 Å². The van der Waals surface area contributed by atoms with Crippen LogP contribution in [0.2, 0.25) is 0 Å². The van der Waals surface area contributed by atoms with E-state index in [0.29, 0.717) is 31.1 Å². The Morgan fingerprint density at radius 3 is 2.36 bits per heavy atom. The molecule has 1 fully saturated rings. The number of phenols is 1. The molecule has 3 rings (SSSR count). The number of carbonyl (C=O) groups excluding carboxylic acids is 5. The summed E-state index contributed by atoms with van der Waals surface area (Å²) >= 11 is 0. The number of hydrogen-bond donors (Lipinski definition) is 3. The van der Waals surface area contributed by atoms with E-state index in [-0.39, 0.29) is 55.0 Å². The highest BCUT2D eigenvalue weighted by Crippen LogP contribution is 2.25. The predicted molar refractivity (Wildman–Crippen MR) is 158 cm³/mol. The van der Waals surface area contributed by atoms with Crippen LogP contribution in [0.3, 0.4) is 0 Å². The minimum atomic E-state index is -0.984. The number of aromatic hydroxyl groups is 1. The highest BCUT2D eigenvalue weighted by Gasteiger charge is 2.31. The van der Waals surface area contributed by atoms with Crippen LogP contribution in [0.25, 0.3) is 0 Å². The third kappa shape index (κ3) is 10.8. The second-order valence-electron chi connectivity index (χ2n) is 11.5. The molecule has 2 aromatic carbocycles. The van der Waals surface area contributed by atoms with Crippen molar-refractivity contribution in [2.24, 2.45) is 17.8 Å². The largest absolute Gasteiger partial charge is 0.508 e. The molecule has 42 heavy (non-hydrogen) atoms. The fourth-order valence-corrected chi connectivity index (χ4v) is 5.32. The van der Waals surface area contributed by atoms with Crippen molar-refractivity contribution in [1.82, 2.24) is 10.6 Å². The second kappa shape index (κ2) is 16.4. The van der Waals surface area contributed by atoms with Gasteiger partial charge in [0.2, 0.25) is 5.91 Å². The van der Waals surface area contributed by atoms with Gasteiger partial charge in [-0.05, 0) is 61.3 Å². The van der Waals surface area contributed by atoms with Crippen molar-refractivity contribution in [1.29, 1.82) is 0 Å². The Bertz CT molecular complexity index is 1200. The lowest BCUT2D eigenvalue weighted by Gasteiger charge is -2.26. The van der Waals surface area contributed by atoms with Gasteiger partial charge in [-0.15, -0.1) is 0 Å². The number of ketones is 2. The fourth-order valence-electron chi connectivity index (χ4n) is 5.32. The second-order valence-corrected chi connectivity index (χ2v) is 11.5. The van der Waals surface area contributed by atoms with Crippen LogP contribution < -0.4 is 10.6 Å². The van der Waals surface area contributed by atoms with E-state index in [9.17, 15) is 29.1 Å². The summed E-state index contributed by atoms with van der Waals surface area (Å²) in [6, 6.07) is 13.7. The summed E-state index contributed by atoms with van der Waals surface area (Å²) in [4.78, 5) is 63.8. The van der Waals surface area contributed by atoms with Crippen molar-refractivity contribution in [3.05, 3.63) is 65.7 Å². The van der Waals surface area contributed by atoms with Gasteiger partial charge in [0, 0.05) is 24.7 Å². The Labute approximate surface area is 247 Å². The van der Waals surface area contributed by atoms with Crippen LogP contribution in [-0.4, -0.2) is 47.0 Å². The first-order chi connectivity index (χ1) is 20.1. The van der Waals surface area contributed by atoms with Gasteiger partial charge in [-0.25, -0.2) is 4.79 Å². The normalized spacial score (nSPS) is 17.1. The number of nitrogens with one attached hydrogen (secondary N) is 2. The number of phenolic OH excluding ortho intramolecular Hbond substituents is 1. The zero-order chi connectivity index (χ0) is 30.5. The zero-order valence-corrected chi connectivity index (χ0v) is 24.4. The van der Waals surface area contributed by atoms with Gasteiger partial charge in [0.15, 0.2) is 5.78 Å². The Morgan fingerprint density at radius 1 is 1.00 bits per heavy atom. The van der Waals surface area contributed by atoms with Crippen LogP contribution >= 0.6 is 0 Å².